The number of ether oxygens (including phenoxy) is 2. The second-order valence-corrected chi connectivity index (χ2v) is 2.20. The van der Waals surface area contributed by atoms with Crippen molar-refractivity contribution in [2.45, 2.75) is 6.10 Å². The summed E-state index contributed by atoms with van der Waals surface area (Å²) < 4.78 is 9.26. The van der Waals surface area contributed by atoms with Crippen LogP contribution >= 0.6 is 0 Å². The Balaban J connectivity index is 3.27. The highest BCUT2D eigenvalue weighted by Gasteiger charge is 2.14. The minimum Gasteiger partial charge on any atom is -0.461 e. The second-order valence-electron chi connectivity index (χ2n) is 2.20. The molecular formula is C7H14O6. The van der Waals surface area contributed by atoms with Gasteiger partial charge in [0.25, 0.3) is 0 Å². The van der Waals surface area contributed by atoms with Crippen LogP contribution in [0.3, 0.4) is 0 Å². The maximum absolute atomic E-state index is 10.7. The Kier molecular flexibility index (Phi) is 7.51. The molecule has 0 aromatic heterocycles. The summed E-state index contributed by atoms with van der Waals surface area (Å²) in [5.74, 6) is -0.880. The van der Waals surface area contributed by atoms with E-state index in [4.69, 9.17) is 20.1 Å². The molecular weight excluding hydrogens is 180 g/mol. The minimum absolute atomic E-state index is 0.00407. The molecule has 0 aromatic rings. The third kappa shape index (κ3) is 6.47. The van der Waals surface area contributed by atoms with Crippen LogP contribution in [0.5, 0.6) is 0 Å². The monoisotopic (exact) mass is 194 g/mol. The molecule has 1 unspecified atom stereocenters. The fourth-order valence-corrected chi connectivity index (χ4v) is 0.539. The number of esters is 1. The smallest absolute Gasteiger partial charge is 0.337 e. The van der Waals surface area contributed by atoms with Gasteiger partial charge >= 0.3 is 5.97 Å². The van der Waals surface area contributed by atoms with Gasteiger partial charge in [0, 0.05) is 0 Å². The minimum atomic E-state index is -1.49. The number of carbonyl (C=O) groups excluding carboxylic acids is 1. The molecule has 0 saturated carbocycles. The predicted molar refractivity (Wildman–Crippen MR) is 42.0 cm³/mol. The van der Waals surface area contributed by atoms with Crippen molar-refractivity contribution in [3.05, 3.63) is 0 Å². The van der Waals surface area contributed by atoms with Crippen molar-refractivity contribution in [1.29, 1.82) is 0 Å². The summed E-state index contributed by atoms with van der Waals surface area (Å²) in [6.07, 6.45) is -1.49. The van der Waals surface area contributed by atoms with Crippen molar-refractivity contribution in [3.63, 3.8) is 0 Å². The number of aliphatic hydroxyl groups excluding tert-OH is 3. The molecule has 0 amide bonds. The summed E-state index contributed by atoms with van der Waals surface area (Å²) in [5, 5.41) is 25.3. The molecule has 0 aliphatic heterocycles. The van der Waals surface area contributed by atoms with Crippen LogP contribution in [0.4, 0.5) is 0 Å². The maximum atomic E-state index is 10.7. The quantitative estimate of drug-likeness (QED) is 0.317. The van der Waals surface area contributed by atoms with Crippen molar-refractivity contribution in [3.8, 4) is 0 Å². The summed E-state index contributed by atoms with van der Waals surface area (Å²) in [5.41, 5.74) is 0. The second kappa shape index (κ2) is 7.93. The van der Waals surface area contributed by atoms with E-state index in [1.165, 1.54) is 0 Å². The fraction of sp³-hybridized carbons (Fsp3) is 0.857. The van der Waals surface area contributed by atoms with Crippen LogP contribution in [0.1, 0.15) is 0 Å². The lowest BCUT2D eigenvalue weighted by atomic mass is 10.4. The summed E-state index contributed by atoms with van der Waals surface area (Å²) in [6, 6.07) is 0. The average molecular weight is 194 g/mol. The number of hydrogen-bond acceptors (Lipinski definition) is 6. The Bertz CT molecular complexity index is 137. The third-order valence-electron chi connectivity index (χ3n) is 1.15. The van der Waals surface area contributed by atoms with Gasteiger partial charge in [-0.3, -0.25) is 0 Å². The zero-order valence-corrected chi connectivity index (χ0v) is 7.18. The molecule has 0 aromatic carbocycles. The summed E-state index contributed by atoms with van der Waals surface area (Å²) in [6.45, 7) is -0.413. The Labute approximate surface area is 75.7 Å². The fourth-order valence-electron chi connectivity index (χ4n) is 0.539. The molecule has 0 heterocycles. The maximum Gasteiger partial charge on any atom is 0.337 e. The molecule has 0 rings (SSSR count). The zero-order valence-electron chi connectivity index (χ0n) is 7.18. The van der Waals surface area contributed by atoms with Crippen molar-refractivity contribution in [2.75, 3.05) is 33.0 Å². The largest absolute Gasteiger partial charge is 0.461 e. The number of hydrogen-bond donors (Lipinski definition) is 3. The molecule has 0 aliphatic rings. The van der Waals surface area contributed by atoms with Gasteiger partial charge in [0.05, 0.1) is 26.4 Å². The van der Waals surface area contributed by atoms with Gasteiger partial charge in [-0.1, -0.05) is 0 Å². The normalized spacial score (nSPS) is 12.5. The standard InChI is InChI=1S/C7H14O6/c8-1-2-12-3-4-13-7(11)6(10)5-9/h6,8-10H,1-5H2. The molecule has 1 atom stereocenters. The van der Waals surface area contributed by atoms with Gasteiger partial charge in [0.2, 0.25) is 0 Å². The highest BCUT2D eigenvalue weighted by Crippen LogP contribution is 1.87. The highest BCUT2D eigenvalue weighted by molar-refractivity contribution is 5.74. The van der Waals surface area contributed by atoms with Gasteiger partial charge in [0.15, 0.2) is 6.10 Å². The molecule has 13 heavy (non-hydrogen) atoms. The van der Waals surface area contributed by atoms with Crippen LogP contribution in [0, 0.1) is 0 Å². The first kappa shape index (κ1) is 12.3. The Morgan fingerprint density at radius 3 is 2.46 bits per heavy atom. The lowest BCUT2D eigenvalue weighted by molar-refractivity contribution is -0.157. The van der Waals surface area contributed by atoms with Crippen molar-refractivity contribution < 1.29 is 29.6 Å². The van der Waals surface area contributed by atoms with Crippen molar-refractivity contribution >= 4 is 5.97 Å². The zero-order chi connectivity index (χ0) is 10.1. The Morgan fingerprint density at radius 2 is 1.92 bits per heavy atom. The van der Waals surface area contributed by atoms with Gasteiger partial charge in [0.1, 0.15) is 6.61 Å². The lowest BCUT2D eigenvalue weighted by Gasteiger charge is -2.07. The van der Waals surface area contributed by atoms with Crippen LogP contribution in [0.2, 0.25) is 0 Å². The van der Waals surface area contributed by atoms with E-state index >= 15 is 0 Å². The first-order valence-electron chi connectivity index (χ1n) is 3.86. The van der Waals surface area contributed by atoms with Gasteiger partial charge in [-0.05, 0) is 0 Å². The van der Waals surface area contributed by atoms with E-state index in [2.05, 4.69) is 4.74 Å². The topological polar surface area (TPSA) is 96.2 Å². The molecule has 0 fully saturated rings. The molecule has 6 nitrogen and oxygen atoms in total. The van der Waals surface area contributed by atoms with E-state index in [-0.39, 0.29) is 26.4 Å². The molecule has 6 heteroatoms. The average Bonchev–Trinajstić information content (AvgIpc) is 2.16. The van der Waals surface area contributed by atoms with Gasteiger partial charge < -0.3 is 24.8 Å². The van der Waals surface area contributed by atoms with Gasteiger partial charge in [-0.25, -0.2) is 4.79 Å². The van der Waals surface area contributed by atoms with Crippen LogP contribution in [-0.4, -0.2) is 60.4 Å². The van der Waals surface area contributed by atoms with Crippen LogP contribution < -0.4 is 0 Å². The molecule has 0 aliphatic carbocycles. The van der Waals surface area contributed by atoms with Gasteiger partial charge in [-0.15, -0.1) is 0 Å². The molecule has 0 saturated heterocycles. The highest BCUT2D eigenvalue weighted by atomic mass is 16.6. The molecule has 0 radical (unpaired) electrons. The SMILES string of the molecule is O=C(OCCOCCO)C(O)CO. The number of rotatable bonds is 7. The molecule has 78 valence electrons. The first-order valence-corrected chi connectivity index (χ1v) is 3.86. The number of aliphatic hydroxyl groups is 3. The predicted octanol–water partition coefficient (Wildman–Crippen LogP) is -2.11. The van der Waals surface area contributed by atoms with Gasteiger partial charge in [-0.2, -0.15) is 0 Å². The van der Waals surface area contributed by atoms with Crippen molar-refractivity contribution in [1.82, 2.24) is 0 Å². The lowest BCUT2D eigenvalue weighted by Crippen LogP contribution is -2.27. The van der Waals surface area contributed by atoms with Crippen molar-refractivity contribution in [2.24, 2.45) is 0 Å². The van der Waals surface area contributed by atoms with Crippen LogP contribution in [0.25, 0.3) is 0 Å². The summed E-state index contributed by atoms with van der Waals surface area (Å²) in [7, 11) is 0. The molecule has 0 spiro atoms. The first-order chi connectivity index (χ1) is 6.22. The van der Waals surface area contributed by atoms with E-state index in [1.807, 2.05) is 0 Å². The van der Waals surface area contributed by atoms with Crippen LogP contribution in [0.15, 0.2) is 0 Å². The number of carbonyl (C=O) groups is 1. The molecule has 0 bridgehead atoms. The van der Waals surface area contributed by atoms with E-state index in [1.54, 1.807) is 0 Å². The Morgan fingerprint density at radius 1 is 1.23 bits per heavy atom. The summed E-state index contributed by atoms with van der Waals surface area (Å²) >= 11 is 0. The third-order valence-corrected chi connectivity index (χ3v) is 1.15. The Hall–Kier alpha value is -0.690. The molecule has 3 N–H and O–H groups in total. The summed E-state index contributed by atoms with van der Waals surface area (Å²) in [4.78, 5) is 10.7. The van der Waals surface area contributed by atoms with E-state index in [9.17, 15) is 4.79 Å². The van der Waals surface area contributed by atoms with E-state index in [0.717, 1.165) is 0 Å². The van der Waals surface area contributed by atoms with E-state index in [0.29, 0.717) is 0 Å². The van der Waals surface area contributed by atoms with Crippen LogP contribution in [-0.2, 0) is 14.3 Å². The van der Waals surface area contributed by atoms with E-state index < -0.39 is 18.7 Å².